The van der Waals surface area contributed by atoms with Crippen molar-refractivity contribution in [2.24, 2.45) is 17.2 Å². The average molecular weight is 515 g/mol. The third-order valence-corrected chi connectivity index (χ3v) is 5.68. The van der Waals surface area contributed by atoms with Crippen LogP contribution in [0.25, 0.3) is 0 Å². The van der Waals surface area contributed by atoms with Gasteiger partial charge in [-0.25, -0.2) is 9.78 Å². The molecule has 1 heterocycles. The molecule has 0 aromatic carbocycles. The van der Waals surface area contributed by atoms with Crippen LogP contribution in [0.4, 0.5) is 0 Å². The van der Waals surface area contributed by atoms with Crippen LogP contribution in [0.2, 0.25) is 0 Å². The number of unbranched alkanes of at least 4 members (excludes halogenated alkanes) is 2. The van der Waals surface area contributed by atoms with Crippen LogP contribution >= 0.6 is 12.6 Å². The quantitative estimate of drug-likeness (QED) is 0.0778. The number of carboxylic acids is 1. The predicted molar refractivity (Wildman–Crippen MR) is 133 cm³/mol. The van der Waals surface area contributed by atoms with Crippen LogP contribution in [0.5, 0.6) is 0 Å². The Kier molecular flexibility index (Phi) is 14.6. The second kappa shape index (κ2) is 16.9. The molecule has 0 radical (unpaired) electrons. The zero-order valence-corrected chi connectivity index (χ0v) is 20.6. The Hall–Kier alpha value is -2.68. The number of nitrogens with one attached hydrogen (secondary N) is 4. The maximum Gasteiger partial charge on any atom is 0.326 e. The van der Waals surface area contributed by atoms with Crippen molar-refractivity contribution in [1.82, 2.24) is 25.9 Å². The van der Waals surface area contributed by atoms with Crippen LogP contribution in [0, 0.1) is 0 Å². The van der Waals surface area contributed by atoms with Crippen molar-refractivity contribution in [3.8, 4) is 0 Å². The molecule has 4 atom stereocenters. The Morgan fingerprint density at radius 1 is 0.914 bits per heavy atom. The summed E-state index contributed by atoms with van der Waals surface area (Å²) in [5.41, 5.74) is 17.3. The Morgan fingerprint density at radius 3 is 1.97 bits per heavy atom. The van der Waals surface area contributed by atoms with Gasteiger partial charge < -0.3 is 43.2 Å². The van der Waals surface area contributed by atoms with Crippen molar-refractivity contribution in [1.29, 1.82) is 0 Å². The molecular weight excluding hydrogens is 476 g/mol. The first-order valence-corrected chi connectivity index (χ1v) is 12.2. The van der Waals surface area contributed by atoms with Crippen molar-refractivity contribution in [3.63, 3.8) is 0 Å². The molecule has 0 spiro atoms. The Morgan fingerprint density at radius 2 is 1.46 bits per heavy atom. The molecule has 0 unspecified atom stereocenters. The summed E-state index contributed by atoms with van der Waals surface area (Å²) in [4.78, 5) is 56.8. The number of aromatic nitrogens is 2. The third-order valence-electron chi connectivity index (χ3n) is 5.29. The van der Waals surface area contributed by atoms with Gasteiger partial charge in [0.15, 0.2) is 0 Å². The van der Waals surface area contributed by atoms with Crippen molar-refractivity contribution >= 4 is 36.3 Å². The predicted octanol–water partition coefficient (Wildman–Crippen LogP) is -1.99. The van der Waals surface area contributed by atoms with Crippen LogP contribution in [0.3, 0.4) is 0 Å². The van der Waals surface area contributed by atoms with Gasteiger partial charge in [0, 0.05) is 24.1 Å². The molecule has 1 aromatic heterocycles. The molecule has 0 saturated carbocycles. The Bertz CT molecular complexity index is 795. The lowest BCUT2D eigenvalue weighted by atomic mass is 10.0. The fourth-order valence-corrected chi connectivity index (χ4v) is 3.41. The van der Waals surface area contributed by atoms with Crippen molar-refractivity contribution in [3.05, 3.63) is 18.2 Å². The largest absolute Gasteiger partial charge is 0.480 e. The number of aliphatic carboxylic acids is 1. The van der Waals surface area contributed by atoms with Gasteiger partial charge in [0.2, 0.25) is 17.7 Å². The summed E-state index contributed by atoms with van der Waals surface area (Å²) >= 11 is 4.00. The molecule has 1 rings (SSSR count). The van der Waals surface area contributed by atoms with E-state index in [-0.39, 0.29) is 25.0 Å². The molecule has 35 heavy (non-hydrogen) atoms. The van der Waals surface area contributed by atoms with Crippen LogP contribution in [-0.4, -0.2) is 81.8 Å². The molecule has 0 aliphatic carbocycles. The van der Waals surface area contributed by atoms with Gasteiger partial charge in [-0.05, 0) is 51.6 Å². The number of aromatic amines is 1. The van der Waals surface area contributed by atoms with E-state index in [1.807, 2.05) is 0 Å². The molecule has 0 aliphatic heterocycles. The SMILES string of the molecule is NCCCC[C@H](NC(=O)[C@H](Cc1cnc[nH]1)NC(=O)[C@H](CCCCN)NC(=O)[C@@H](N)CS)C(=O)O. The number of nitrogens with zero attached hydrogens (tertiary/aromatic N) is 1. The van der Waals surface area contributed by atoms with E-state index in [2.05, 4.69) is 38.5 Å². The van der Waals surface area contributed by atoms with Gasteiger partial charge in [-0.15, -0.1) is 0 Å². The monoisotopic (exact) mass is 514 g/mol. The molecule has 3 amide bonds. The number of hydrogen-bond donors (Lipinski definition) is 9. The lowest BCUT2D eigenvalue weighted by molar-refractivity contribution is -0.142. The van der Waals surface area contributed by atoms with Crippen molar-refractivity contribution in [2.75, 3.05) is 18.8 Å². The zero-order chi connectivity index (χ0) is 26.2. The van der Waals surface area contributed by atoms with E-state index in [4.69, 9.17) is 17.2 Å². The maximum absolute atomic E-state index is 13.1. The molecule has 198 valence electrons. The molecule has 0 bridgehead atoms. The van der Waals surface area contributed by atoms with Crippen LogP contribution < -0.4 is 33.2 Å². The number of hydrogen-bond acceptors (Lipinski definition) is 9. The number of imidazole rings is 1. The van der Waals surface area contributed by atoms with Gasteiger partial charge in [-0.2, -0.15) is 12.6 Å². The van der Waals surface area contributed by atoms with E-state index in [0.29, 0.717) is 44.5 Å². The van der Waals surface area contributed by atoms with Crippen LogP contribution in [-0.2, 0) is 25.6 Å². The van der Waals surface area contributed by atoms with E-state index < -0.39 is 47.9 Å². The van der Waals surface area contributed by atoms with Crippen LogP contribution in [0.15, 0.2) is 12.5 Å². The van der Waals surface area contributed by atoms with Gasteiger partial charge in [0.25, 0.3) is 0 Å². The van der Waals surface area contributed by atoms with Gasteiger partial charge in [0.1, 0.15) is 18.1 Å². The minimum atomic E-state index is -1.19. The normalized spacial score (nSPS) is 14.4. The molecule has 1 aromatic rings. The number of carbonyl (C=O) groups excluding carboxylic acids is 3. The fourth-order valence-electron chi connectivity index (χ4n) is 3.24. The molecular formula is C21H38N8O5S. The number of carbonyl (C=O) groups is 4. The number of rotatable bonds is 18. The number of H-pyrrole nitrogens is 1. The first-order chi connectivity index (χ1) is 16.7. The van der Waals surface area contributed by atoms with Gasteiger partial charge >= 0.3 is 5.97 Å². The number of thiol groups is 1. The molecule has 0 fully saturated rings. The summed E-state index contributed by atoms with van der Waals surface area (Å²) < 4.78 is 0. The lowest BCUT2D eigenvalue weighted by Crippen LogP contribution is -2.57. The van der Waals surface area contributed by atoms with E-state index in [0.717, 1.165) is 0 Å². The van der Waals surface area contributed by atoms with E-state index in [9.17, 15) is 24.3 Å². The summed E-state index contributed by atoms with van der Waals surface area (Å²) in [6.07, 6.45) is 5.77. The zero-order valence-electron chi connectivity index (χ0n) is 19.7. The minimum absolute atomic E-state index is 0.0341. The van der Waals surface area contributed by atoms with Gasteiger partial charge in [-0.3, -0.25) is 14.4 Å². The number of nitrogens with two attached hydrogens (primary N) is 3. The van der Waals surface area contributed by atoms with Gasteiger partial charge in [-0.1, -0.05) is 0 Å². The highest BCUT2D eigenvalue weighted by Crippen LogP contribution is 2.07. The van der Waals surface area contributed by atoms with E-state index >= 15 is 0 Å². The standard InChI is InChI=1S/C21H38N8O5S/c22-7-3-1-5-15(27-18(30)14(24)11-35)19(31)29-17(9-13-10-25-12-26-13)20(32)28-16(21(33)34)6-2-4-8-23/h10,12,14-17,35H,1-9,11,22-24H2,(H,25,26)(H,27,30)(H,28,32)(H,29,31)(H,33,34)/t14-,15-,16-,17-/m0/s1. The first kappa shape index (κ1) is 30.4. The second-order valence-corrected chi connectivity index (χ2v) is 8.53. The highest BCUT2D eigenvalue weighted by atomic mass is 32.1. The average Bonchev–Trinajstić information content (AvgIpc) is 3.34. The minimum Gasteiger partial charge on any atom is -0.480 e. The fraction of sp³-hybridized carbons (Fsp3) is 0.667. The van der Waals surface area contributed by atoms with E-state index in [1.165, 1.54) is 12.5 Å². The first-order valence-electron chi connectivity index (χ1n) is 11.6. The lowest BCUT2D eigenvalue weighted by Gasteiger charge is -2.25. The van der Waals surface area contributed by atoms with Gasteiger partial charge in [0.05, 0.1) is 12.4 Å². The summed E-state index contributed by atoms with van der Waals surface area (Å²) in [5, 5.41) is 17.2. The van der Waals surface area contributed by atoms with Crippen molar-refractivity contribution in [2.45, 2.75) is 69.1 Å². The number of amides is 3. The van der Waals surface area contributed by atoms with E-state index in [1.54, 1.807) is 0 Å². The molecule has 14 heteroatoms. The summed E-state index contributed by atoms with van der Waals surface area (Å²) in [6, 6.07) is -4.12. The smallest absolute Gasteiger partial charge is 0.326 e. The summed E-state index contributed by atoms with van der Waals surface area (Å²) in [7, 11) is 0. The van der Waals surface area contributed by atoms with Crippen molar-refractivity contribution < 1.29 is 24.3 Å². The molecule has 13 nitrogen and oxygen atoms in total. The summed E-state index contributed by atoms with van der Waals surface area (Å²) in [5.74, 6) is -2.92. The molecule has 0 aliphatic rings. The Labute approximate surface area is 210 Å². The molecule has 0 saturated heterocycles. The molecule has 11 N–H and O–H groups in total. The number of carboxylic acid groups (broad SMARTS) is 1. The third kappa shape index (κ3) is 11.5. The topological polar surface area (TPSA) is 231 Å². The maximum atomic E-state index is 13.1. The Balaban J connectivity index is 3.01. The highest BCUT2D eigenvalue weighted by molar-refractivity contribution is 7.80. The highest BCUT2D eigenvalue weighted by Gasteiger charge is 2.30. The second-order valence-electron chi connectivity index (χ2n) is 8.16. The summed E-state index contributed by atoms with van der Waals surface area (Å²) in [6.45, 7) is 0.830. The van der Waals surface area contributed by atoms with Crippen LogP contribution in [0.1, 0.15) is 44.2 Å².